The Bertz CT molecular complexity index is 562. The standard InChI is InChI=1S/C14H20O7/c1-8(2)11(15)19-7-14(4,5)12(16)18-6-10-9(3)20-13(17)21-10/h8H,6-7H2,1-5H3. The summed E-state index contributed by atoms with van der Waals surface area (Å²) in [4.78, 5) is 34.2. The Balaban J connectivity index is 2.55. The van der Waals surface area contributed by atoms with Gasteiger partial charge >= 0.3 is 17.8 Å². The van der Waals surface area contributed by atoms with Crippen LogP contribution in [0.15, 0.2) is 13.6 Å². The van der Waals surface area contributed by atoms with E-state index in [-0.39, 0.29) is 36.6 Å². The van der Waals surface area contributed by atoms with Crippen molar-refractivity contribution in [1.29, 1.82) is 0 Å². The number of carbonyl (C=O) groups excluding carboxylic acids is 2. The van der Waals surface area contributed by atoms with Gasteiger partial charge < -0.3 is 18.3 Å². The Morgan fingerprint density at radius 3 is 2.29 bits per heavy atom. The lowest BCUT2D eigenvalue weighted by molar-refractivity contribution is -0.164. The second-order valence-corrected chi connectivity index (χ2v) is 5.66. The van der Waals surface area contributed by atoms with Crippen LogP contribution in [0.3, 0.4) is 0 Å². The molecule has 1 aromatic rings. The van der Waals surface area contributed by atoms with Crippen LogP contribution in [0.2, 0.25) is 0 Å². The van der Waals surface area contributed by atoms with Crippen molar-refractivity contribution in [2.45, 2.75) is 41.2 Å². The third-order valence-corrected chi connectivity index (χ3v) is 2.77. The Hall–Kier alpha value is -2.05. The van der Waals surface area contributed by atoms with Gasteiger partial charge in [0.25, 0.3) is 0 Å². The summed E-state index contributed by atoms with van der Waals surface area (Å²) >= 11 is 0. The lowest BCUT2D eigenvalue weighted by Gasteiger charge is -2.22. The summed E-state index contributed by atoms with van der Waals surface area (Å²) in [5.74, 6) is -1.64. The maximum absolute atomic E-state index is 12.0. The van der Waals surface area contributed by atoms with E-state index in [9.17, 15) is 14.4 Å². The summed E-state index contributed by atoms with van der Waals surface area (Å²) in [6.07, 6.45) is 0. The van der Waals surface area contributed by atoms with E-state index in [0.717, 1.165) is 0 Å². The molecule has 1 aromatic heterocycles. The number of aryl methyl sites for hydroxylation is 1. The van der Waals surface area contributed by atoms with Gasteiger partial charge in [0, 0.05) is 0 Å². The topological polar surface area (TPSA) is 96.0 Å². The Kier molecular flexibility index (Phi) is 5.34. The molecule has 7 nitrogen and oxygen atoms in total. The van der Waals surface area contributed by atoms with Crippen molar-refractivity contribution >= 4 is 11.9 Å². The van der Waals surface area contributed by atoms with Crippen molar-refractivity contribution in [3.05, 3.63) is 22.1 Å². The zero-order valence-corrected chi connectivity index (χ0v) is 12.8. The van der Waals surface area contributed by atoms with Crippen LogP contribution in [0.25, 0.3) is 0 Å². The fourth-order valence-corrected chi connectivity index (χ4v) is 1.31. The van der Waals surface area contributed by atoms with E-state index in [0.29, 0.717) is 0 Å². The Labute approximate surface area is 122 Å². The van der Waals surface area contributed by atoms with Crippen molar-refractivity contribution in [1.82, 2.24) is 0 Å². The summed E-state index contributed by atoms with van der Waals surface area (Å²) in [6.45, 7) is 7.84. The first-order valence-electron chi connectivity index (χ1n) is 6.56. The third kappa shape index (κ3) is 4.77. The van der Waals surface area contributed by atoms with Gasteiger partial charge in [0.05, 0.1) is 11.3 Å². The van der Waals surface area contributed by atoms with Crippen molar-refractivity contribution in [2.24, 2.45) is 11.3 Å². The molecule has 1 rings (SSSR count). The smallest absolute Gasteiger partial charge is 0.464 e. The van der Waals surface area contributed by atoms with E-state index in [1.807, 2.05) is 0 Å². The van der Waals surface area contributed by atoms with Gasteiger partial charge in [-0.25, -0.2) is 4.79 Å². The van der Waals surface area contributed by atoms with Crippen LogP contribution >= 0.6 is 0 Å². The molecule has 0 spiro atoms. The fraction of sp³-hybridized carbons (Fsp3) is 0.643. The predicted molar refractivity (Wildman–Crippen MR) is 71.4 cm³/mol. The zero-order chi connectivity index (χ0) is 16.2. The average molecular weight is 300 g/mol. The molecule has 0 aliphatic rings. The van der Waals surface area contributed by atoms with Gasteiger partial charge in [-0.15, -0.1) is 0 Å². The number of hydrogen-bond donors (Lipinski definition) is 0. The second kappa shape index (κ2) is 6.60. The van der Waals surface area contributed by atoms with Gasteiger partial charge in [-0.05, 0) is 20.8 Å². The summed E-state index contributed by atoms with van der Waals surface area (Å²) in [5, 5.41) is 0. The van der Waals surface area contributed by atoms with Crippen LogP contribution in [-0.4, -0.2) is 18.5 Å². The molecule has 0 fully saturated rings. The number of carbonyl (C=O) groups is 2. The minimum absolute atomic E-state index is 0.0861. The number of hydrogen-bond acceptors (Lipinski definition) is 7. The highest BCUT2D eigenvalue weighted by Gasteiger charge is 2.32. The van der Waals surface area contributed by atoms with Crippen LogP contribution in [0.4, 0.5) is 0 Å². The van der Waals surface area contributed by atoms with Gasteiger partial charge in [0.1, 0.15) is 6.61 Å². The van der Waals surface area contributed by atoms with Gasteiger partial charge in [-0.3, -0.25) is 9.59 Å². The SMILES string of the molecule is Cc1oc(=O)oc1COC(=O)C(C)(C)COC(=O)C(C)C. The molecule has 0 unspecified atom stereocenters. The van der Waals surface area contributed by atoms with E-state index in [1.54, 1.807) is 27.7 Å². The summed E-state index contributed by atoms with van der Waals surface area (Å²) in [7, 11) is 0. The maximum atomic E-state index is 12.0. The highest BCUT2D eigenvalue weighted by molar-refractivity contribution is 5.77. The first-order chi connectivity index (χ1) is 9.63. The van der Waals surface area contributed by atoms with Crippen LogP contribution in [-0.2, 0) is 25.7 Å². The molecule has 7 heteroatoms. The van der Waals surface area contributed by atoms with Gasteiger partial charge in [0.15, 0.2) is 18.1 Å². The Morgan fingerprint density at radius 2 is 1.81 bits per heavy atom. The Morgan fingerprint density at radius 1 is 1.19 bits per heavy atom. The molecule has 0 N–H and O–H groups in total. The normalized spacial score (nSPS) is 11.5. The third-order valence-electron chi connectivity index (χ3n) is 2.77. The molecule has 0 bridgehead atoms. The molecule has 0 saturated carbocycles. The zero-order valence-electron chi connectivity index (χ0n) is 12.8. The van der Waals surface area contributed by atoms with E-state index in [2.05, 4.69) is 4.42 Å². The first kappa shape index (κ1) is 17.0. The molecule has 0 aliphatic carbocycles. The van der Waals surface area contributed by atoms with Crippen LogP contribution in [0.5, 0.6) is 0 Å². The molecule has 0 aliphatic heterocycles. The minimum atomic E-state index is -0.998. The van der Waals surface area contributed by atoms with Crippen molar-refractivity contribution < 1.29 is 27.9 Å². The summed E-state index contributed by atoms with van der Waals surface area (Å²) < 4.78 is 19.5. The monoisotopic (exact) mass is 300 g/mol. The minimum Gasteiger partial charge on any atom is -0.464 e. The molecule has 21 heavy (non-hydrogen) atoms. The number of esters is 2. The molecular formula is C14H20O7. The molecule has 0 saturated heterocycles. The molecule has 0 atom stereocenters. The lowest BCUT2D eigenvalue weighted by Crippen LogP contribution is -2.33. The molecule has 0 amide bonds. The summed E-state index contributed by atoms with van der Waals surface area (Å²) in [6, 6.07) is 0. The van der Waals surface area contributed by atoms with E-state index >= 15 is 0 Å². The number of rotatable bonds is 6. The lowest BCUT2D eigenvalue weighted by atomic mass is 9.95. The van der Waals surface area contributed by atoms with Crippen molar-refractivity contribution in [2.75, 3.05) is 6.61 Å². The highest BCUT2D eigenvalue weighted by atomic mass is 16.6. The van der Waals surface area contributed by atoms with Crippen molar-refractivity contribution in [3.63, 3.8) is 0 Å². The highest BCUT2D eigenvalue weighted by Crippen LogP contribution is 2.20. The average Bonchev–Trinajstić information content (AvgIpc) is 2.71. The second-order valence-electron chi connectivity index (χ2n) is 5.66. The van der Waals surface area contributed by atoms with E-state index < -0.39 is 17.2 Å². The largest absolute Gasteiger partial charge is 0.519 e. The van der Waals surface area contributed by atoms with Crippen molar-refractivity contribution in [3.8, 4) is 0 Å². The molecule has 0 radical (unpaired) electrons. The van der Waals surface area contributed by atoms with E-state index in [1.165, 1.54) is 6.92 Å². The van der Waals surface area contributed by atoms with E-state index in [4.69, 9.17) is 13.9 Å². The summed E-state index contributed by atoms with van der Waals surface area (Å²) in [5.41, 5.74) is -0.998. The molecular weight excluding hydrogens is 280 g/mol. The fourth-order valence-electron chi connectivity index (χ4n) is 1.31. The van der Waals surface area contributed by atoms with Gasteiger partial charge in [-0.2, -0.15) is 0 Å². The maximum Gasteiger partial charge on any atom is 0.519 e. The number of ether oxygens (including phenoxy) is 2. The van der Waals surface area contributed by atoms with Gasteiger partial charge in [0.2, 0.25) is 0 Å². The van der Waals surface area contributed by atoms with Crippen LogP contribution in [0, 0.1) is 18.3 Å². The first-order valence-corrected chi connectivity index (χ1v) is 6.56. The van der Waals surface area contributed by atoms with Crippen LogP contribution < -0.4 is 5.82 Å². The van der Waals surface area contributed by atoms with Gasteiger partial charge in [-0.1, -0.05) is 13.8 Å². The molecule has 118 valence electrons. The van der Waals surface area contributed by atoms with Crippen LogP contribution in [0.1, 0.15) is 39.2 Å². The predicted octanol–water partition coefficient (Wildman–Crippen LogP) is 1.81. The quantitative estimate of drug-likeness (QED) is 0.739. The molecule has 0 aromatic carbocycles. The molecule has 1 heterocycles.